The predicted molar refractivity (Wildman–Crippen MR) is 193 cm³/mol. The lowest BCUT2D eigenvalue weighted by Crippen LogP contribution is -1.96. The molecule has 0 radical (unpaired) electrons. The molecule has 9 rings (SSSR count). The molecule has 3 heterocycles. The Kier molecular flexibility index (Phi) is 6.43. The van der Waals surface area contributed by atoms with Gasteiger partial charge in [-0.25, -0.2) is 14.5 Å². The highest BCUT2D eigenvalue weighted by Gasteiger charge is 2.22. The molecule has 6 aromatic carbocycles. The molecule has 0 unspecified atom stereocenters. The van der Waals surface area contributed by atoms with Gasteiger partial charge in [0.1, 0.15) is 5.69 Å². The summed E-state index contributed by atoms with van der Waals surface area (Å²) < 4.78 is 2.13. The number of benzene rings is 6. The van der Waals surface area contributed by atoms with Gasteiger partial charge in [-0.15, -0.1) is 0 Å². The Morgan fingerprint density at radius 3 is 1.72 bits per heavy atom. The third-order valence-corrected chi connectivity index (χ3v) is 8.80. The average molecular weight is 601 g/mol. The van der Waals surface area contributed by atoms with Gasteiger partial charge in [-0.2, -0.15) is 5.10 Å². The maximum Gasteiger partial charge on any atom is 0.160 e. The summed E-state index contributed by atoms with van der Waals surface area (Å²) in [4.78, 5) is 10.1. The van der Waals surface area contributed by atoms with E-state index < -0.39 is 0 Å². The highest BCUT2D eigenvalue weighted by atomic mass is 15.2. The Balaban J connectivity index is 1.33. The van der Waals surface area contributed by atoms with Crippen LogP contribution in [0.1, 0.15) is 0 Å². The molecular weight excluding hydrogens is 573 g/mol. The van der Waals surface area contributed by atoms with Crippen LogP contribution in [0.25, 0.3) is 83.5 Å². The van der Waals surface area contributed by atoms with Crippen LogP contribution in [0.4, 0.5) is 0 Å². The first-order valence-corrected chi connectivity index (χ1v) is 15.8. The first kappa shape index (κ1) is 27.0. The second-order valence-electron chi connectivity index (χ2n) is 11.7. The highest BCUT2D eigenvalue weighted by molar-refractivity contribution is 6.08. The van der Waals surface area contributed by atoms with Crippen LogP contribution in [0, 0.1) is 0 Å². The summed E-state index contributed by atoms with van der Waals surface area (Å²) in [6.07, 6.45) is 0. The van der Waals surface area contributed by atoms with Gasteiger partial charge in [0.05, 0.1) is 22.4 Å². The van der Waals surface area contributed by atoms with Crippen LogP contribution in [0.5, 0.6) is 0 Å². The SMILES string of the molecule is c1ccc(-c2nc(-c3cccc(-c4nn5c(-c6ccccc6)cc6ccccc6c5c4-c4ccccc4)c3)c3ccccc3n2)cc1. The van der Waals surface area contributed by atoms with Crippen LogP contribution in [-0.2, 0) is 0 Å². The van der Waals surface area contributed by atoms with Gasteiger partial charge in [0.2, 0.25) is 0 Å². The molecule has 47 heavy (non-hydrogen) atoms. The van der Waals surface area contributed by atoms with Crippen molar-refractivity contribution in [2.75, 3.05) is 0 Å². The first-order valence-electron chi connectivity index (χ1n) is 15.8. The molecule has 0 saturated carbocycles. The van der Waals surface area contributed by atoms with E-state index in [1.165, 1.54) is 5.39 Å². The Hall–Kier alpha value is -6.39. The maximum atomic E-state index is 5.43. The van der Waals surface area contributed by atoms with Crippen LogP contribution in [0.2, 0.25) is 0 Å². The topological polar surface area (TPSA) is 43.1 Å². The fraction of sp³-hybridized carbons (Fsp3) is 0. The standard InChI is InChI=1S/C43H28N4/c1-4-15-29(16-5-1)38-28-32-21-10-11-24-35(32)42-39(30-17-6-2-7-18-30)41(46-47(38)42)34-23-14-22-33(27-34)40-36-25-12-13-26-37(36)44-43(45-40)31-19-8-3-9-20-31/h1-28H. The third-order valence-electron chi connectivity index (χ3n) is 8.80. The fourth-order valence-corrected chi connectivity index (χ4v) is 6.61. The van der Waals surface area contributed by atoms with Crippen LogP contribution in [0.15, 0.2) is 170 Å². The zero-order chi connectivity index (χ0) is 31.2. The molecule has 0 atom stereocenters. The molecule has 0 N–H and O–H groups in total. The Morgan fingerprint density at radius 2 is 0.979 bits per heavy atom. The van der Waals surface area contributed by atoms with Gasteiger partial charge in [0.25, 0.3) is 0 Å². The van der Waals surface area contributed by atoms with Crippen molar-refractivity contribution in [3.8, 4) is 56.3 Å². The summed E-state index contributed by atoms with van der Waals surface area (Å²) in [5.41, 5.74) is 11.3. The van der Waals surface area contributed by atoms with Crippen LogP contribution in [-0.4, -0.2) is 19.6 Å². The molecule has 0 bridgehead atoms. The quantitative estimate of drug-likeness (QED) is 0.197. The predicted octanol–water partition coefficient (Wildman–Crippen LogP) is 10.8. The van der Waals surface area contributed by atoms with E-state index in [9.17, 15) is 0 Å². The van der Waals surface area contributed by atoms with Crippen molar-refractivity contribution in [1.29, 1.82) is 0 Å². The van der Waals surface area contributed by atoms with E-state index in [4.69, 9.17) is 15.1 Å². The van der Waals surface area contributed by atoms with Gasteiger partial charge in [0, 0.05) is 38.6 Å². The average Bonchev–Trinajstić information content (AvgIpc) is 3.56. The smallest absolute Gasteiger partial charge is 0.160 e. The molecule has 3 aromatic heterocycles. The first-order chi connectivity index (χ1) is 23.3. The van der Waals surface area contributed by atoms with E-state index in [0.717, 1.165) is 72.3 Å². The molecule has 0 aliphatic carbocycles. The van der Waals surface area contributed by atoms with Crippen molar-refractivity contribution in [3.05, 3.63) is 170 Å². The van der Waals surface area contributed by atoms with E-state index in [0.29, 0.717) is 5.82 Å². The highest BCUT2D eigenvalue weighted by Crippen LogP contribution is 2.42. The van der Waals surface area contributed by atoms with E-state index in [2.05, 4.69) is 144 Å². The van der Waals surface area contributed by atoms with Crippen LogP contribution in [0.3, 0.4) is 0 Å². The molecule has 0 amide bonds. The molecule has 0 aliphatic rings. The van der Waals surface area contributed by atoms with Crippen LogP contribution >= 0.6 is 0 Å². The number of pyridine rings is 1. The van der Waals surface area contributed by atoms with Gasteiger partial charge < -0.3 is 0 Å². The molecule has 0 spiro atoms. The zero-order valence-corrected chi connectivity index (χ0v) is 25.5. The lowest BCUT2D eigenvalue weighted by Gasteiger charge is -2.11. The summed E-state index contributed by atoms with van der Waals surface area (Å²) in [7, 11) is 0. The van der Waals surface area contributed by atoms with Gasteiger partial charge in [-0.05, 0) is 29.1 Å². The van der Waals surface area contributed by atoms with Crippen molar-refractivity contribution in [1.82, 2.24) is 19.6 Å². The number of nitrogens with zero attached hydrogens (tertiary/aromatic N) is 4. The number of hydrogen-bond acceptors (Lipinski definition) is 3. The van der Waals surface area contributed by atoms with E-state index in [-0.39, 0.29) is 0 Å². The number of rotatable bonds is 5. The number of fused-ring (bicyclic) bond motifs is 4. The minimum Gasteiger partial charge on any atom is -0.231 e. The van der Waals surface area contributed by atoms with Gasteiger partial charge in [0.15, 0.2) is 5.82 Å². The summed E-state index contributed by atoms with van der Waals surface area (Å²) in [5.74, 6) is 0.710. The minimum absolute atomic E-state index is 0.710. The van der Waals surface area contributed by atoms with Crippen molar-refractivity contribution < 1.29 is 0 Å². The Labute approximate surface area is 272 Å². The van der Waals surface area contributed by atoms with Crippen molar-refractivity contribution >= 4 is 27.2 Å². The van der Waals surface area contributed by atoms with Crippen molar-refractivity contribution in [2.45, 2.75) is 0 Å². The summed E-state index contributed by atoms with van der Waals surface area (Å²) in [5, 5.41) is 8.79. The summed E-state index contributed by atoms with van der Waals surface area (Å²) in [6.45, 7) is 0. The fourth-order valence-electron chi connectivity index (χ4n) is 6.61. The van der Waals surface area contributed by atoms with Crippen LogP contribution < -0.4 is 0 Å². The minimum atomic E-state index is 0.710. The maximum absolute atomic E-state index is 5.43. The van der Waals surface area contributed by atoms with Gasteiger partial charge >= 0.3 is 0 Å². The summed E-state index contributed by atoms with van der Waals surface area (Å²) >= 11 is 0. The van der Waals surface area contributed by atoms with Gasteiger partial charge in [-0.1, -0.05) is 152 Å². The van der Waals surface area contributed by atoms with E-state index >= 15 is 0 Å². The number of para-hydroxylation sites is 1. The van der Waals surface area contributed by atoms with Gasteiger partial charge in [-0.3, -0.25) is 0 Å². The van der Waals surface area contributed by atoms with E-state index in [1.54, 1.807) is 0 Å². The lowest BCUT2D eigenvalue weighted by molar-refractivity contribution is 0.979. The van der Waals surface area contributed by atoms with Crippen molar-refractivity contribution in [3.63, 3.8) is 0 Å². The Morgan fingerprint density at radius 1 is 0.404 bits per heavy atom. The molecule has 4 nitrogen and oxygen atoms in total. The largest absolute Gasteiger partial charge is 0.231 e. The Bertz CT molecular complexity index is 2550. The molecule has 0 fully saturated rings. The third kappa shape index (κ3) is 4.66. The van der Waals surface area contributed by atoms with Crippen molar-refractivity contribution in [2.24, 2.45) is 0 Å². The molecule has 4 heteroatoms. The molecule has 220 valence electrons. The van der Waals surface area contributed by atoms with E-state index in [1.807, 2.05) is 30.3 Å². The molecule has 0 aliphatic heterocycles. The monoisotopic (exact) mass is 600 g/mol. The number of aromatic nitrogens is 4. The number of hydrogen-bond donors (Lipinski definition) is 0. The zero-order valence-electron chi connectivity index (χ0n) is 25.5. The second kappa shape index (κ2) is 11.2. The normalized spacial score (nSPS) is 11.4. The molecule has 9 aromatic rings. The second-order valence-corrected chi connectivity index (χ2v) is 11.7. The molecule has 0 saturated heterocycles. The molecular formula is C43H28N4. The summed E-state index contributed by atoms with van der Waals surface area (Å²) in [6, 6.07) is 59.0. The lowest BCUT2D eigenvalue weighted by atomic mass is 9.95.